The van der Waals surface area contributed by atoms with Crippen molar-refractivity contribution in [3.63, 3.8) is 0 Å². The minimum absolute atomic E-state index is 0.0236. The van der Waals surface area contributed by atoms with Gasteiger partial charge in [-0.1, -0.05) is 25.1 Å². The van der Waals surface area contributed by atoms with Gasteiger partial charge in [0.2, 0.25) is 11.8 Å². The Hall–Kier alpha value is -3.34. The predicted molar refractivity (Wildman–Crippen MR) is 114 cm³/mol. The molecule has 1 unspecified atom stereocenters. The number of aryl methyl sites for hydroxylation is 1. The van der Waals surface area contributed by atoms with Crippen molar-refractivity contribution in [2.75, 3.05) is 18.8 Å². The van der Waals surface area contributed by atoms with E-state index in [1.165, 1.54) is 0 Å². The highest BCUT2D eigenvalue weighted by molar-refractivity contribution is 5.87. The minimum Gasteiger partial charge on any atom is -0.382 e. The summed E-state index contributed by atoms with van der Waals surface area (Å²) < 4.78 is 1.57. The van der Waals surface area contributed by atoms with Crippen LogP contribution in [0.4, 0.5) is 5.82 Å². The molecular weight excluding hydrogens is 380 g/mol. The van der Waals surface area contributed by atoms with Crippen LogP contribution in [0.3, 0.4) is 0 Å². The van der Waals surface area contributed by atoms with Gasteiger partial charge in [0.05, 0.1) is 11.4 Å². The molecule has 2 heterocycles. The average Bonchev–Trinajstić information content (AvgIpc) is 3.11. The predicted octanol–water partition coefficient (Wildman–Crippen LogP) is 2.17. The SMILES string of the molecule is CCC(=O)N1CCCCC1C(=O)NCCCc1nn(-c2ccccc2)c(N)c1C#N. The molecule has 1 saturated heterocycles. The van der Waals surface area contributed by atoms with Crippen LogP contribution < -0.4 is 11.1 Å². The summed E-state index contributed by atoms with van der Waals surface area (Å²) in [6, 6.07) is 11.2. The Balaban J connectivity index is 1.58. The second kappa shape index (κ2) is 9.92. The van der Waals surface area contributed by atoms with Crippen LogP contribution in [0.5, 0.6) is 0 Å². The van der Waals surface area contributed by atoms with Crippen LogP contribution in [-0.2, 0) is 16.0 Å². The summed E-state index contributed by atoms with van der Waals surface area (Å²) in [5.41, 5.74) is 7.91. The lowest BCUT2D eigenvalue weighted by molar-refractivity contribution is -0.142. The smallest absolute Gasteiger partial charge is 0.242 e. The molecule has 0 aliphatic carbocycles. The lowest BCUT2D eigenvalue weighted by atomic mass is 10.0. The molecule has 2 aromatic rings. The number of piperidine rings is 1. The van der Waals surface area contributed by atoms with Crippen molar-refractivity contribution >= 4 is 17.6 Å². The minimum atomic E-state index is -0.381. The van der Waals surface area contributed by atoms with Crippen molar-refractivity contribution in [3.8, 4) is 11.8 Å². The van der Waals surface area contributed by atoms with Crippen molar-refractivity contribution in [1.29, 1.82) is 5.26 Å². The third kappa shape index (κ3) is 4.62. The number of hydrogen-bond donors (Lipinski definition) is 2. The lowest BCUT2D eigenvalue weighted by Gasteiger charge is -2.34. The first kappa shape index (κ1) is 21.4. The van der Waals surface area contributed by atoms with Crippen LogP contribution >= 0.6 is 0 Å². The summed E-state index contributed by atoms with van der Waals surface area (Å²) in [6.45, 7) is 2.91. The summed E-state index contributed by atoms with van der Waals surface area (Å²) in [7, 11) is 0. The molecule has 1 atom stereocenters. The molecule has 158 valence electrons. The highest BCUT2D eigenvalue weighted by atomic mass is 16.2. The Bertz CT molecular complexity index is 931. The second-order valence-electron chi connectivity index (χ2n) is 7.41. The van der Waals surface area contributed by atoms with Gasteiger partial charge in [0.25, 0.3) is 0 Å². The molecule has 8 nitrogen and oxygen atoms in total. The zero-order chi connectivity index (χ0) is 21.5. The number of benzene rings is 1. The van der Waals surface area contributed by atoms with Crippen molar-refractivity contribution in [2.45, 2.75) is 51.5 Å². The number of nitrogen functional groups attached to an aromatic ring is 1. The second-order valence-corrected chi connectivity index (χ2v) is 7.41. The van der Waals surface area contributed by atoms with E-state index in [0.29, 0.717) is 55.8 Å². The summed E-state index contributed by atoms with van der Waals surface area (Å²) >= 11 is 0. The van der Waals surface area contributed by atoms with Gasteiger partial charge in [-0.2, -0.15) is 10.4 Å². The highest BCUT2D eigenvalue weighted by Gasteiger charge is 2.30. The number of anilines is 1. The number of para-hydroxylation sites is 1. The quantitative estimate of drug-likeness (QED) is 0.681. The zero-order valence-electron chi connectivity index (χ0n) is 17.3. The molecule has 3 rings (SSSR count). The van der Waals surface area contributed by atoms with Crippen LogP contribution in [0.1, 0.15) is 50.3 Å². The Kier molecular flexibility index (Phi) is 7.07. The summed E-state index contributed by atoms with van der Waals surface area (Å²) in [4.78, 5) is 26.4. The van der Waals surface area contributed by atoms with Gasteiger partial charge < -0.3 is 16.0 Å². The maximum absolute atomic E-state index is 12.6. The normalized spacial score (nSPS) is 16.1. The number of carbonyl (C=O) groups is 2. The van der Waals surface area contributed by atoms with Gasteiger partial charge >= 0.3 is 0 Å². The topological polar surface area (TPSA) is 117 Å². The third-order valence-electron chi connectivity index (χ3n) is 5.42. The van der Waals surface area contributed by atoms with E-state index < -0.39 is 0 Å². The molecule has 1 aliphatic heterocycles. The summed E-state index contributed by atoms with van der Waals surface area (Å²) in [5.74, 6) is 0.237. The molecule has 3 N–H and O–H groups in total. The highest BCUT2D eigenvalue weighted by Crippen LogP contribution is 2.21. The molecule has 8 heteroatoms. The number of aromatic nitrogens is 2. The number of rotatable bonds is 7. The van der Waals surface area contributed by atoms with Gasteiger partial charge in [-0.3, -0.25) is 9.59 Å². The number of nitrogens with two attached hydrogens (primary N) is 1. The maximum atomic E-state index is 12.6. The van der Waals surface area contributed by atoms with Crippen LogP contribution in [0.15, 0.2) is 30.3 Å². The van der Waals surface area contributed by atoms with E-state index in [9.17, 15) is 14.9 Å². The first-order chi connectivity index (χ1) is 14.6. The monoisotopic (exact) mass is 408 g/mol. The molecule has 0 spiro atoms. The molecule has 1 aliphatic rings. The first-order valence-electron chi connectivity index (χ1n) is 10.5. The van der Waals surface area contributed by atoms with Gasteiger partial charge in [-0.05, 0) is 44.2 Å². The van der Waals surface area contributed by atoms with Crippen LogP contribution in [0, 0.1) is 11.3 Å². The zero-order valence-corrected chi connectivity index (χ0v) is 17.3. The van der Waals surface area contributed by atoms with E-state index >= 15 is 0 Å². The molecule has 0 bridgehead atoms. The summed E-state index contributed by atoms with van der Waals surface area (Å²) in [6.07, 6.45) is 4.15. The van der Waals surface area contributed by atoms with E-state index in [1.54, 1.807) is 9.58 Å². The van der Waals surface area contributed by atoms with Gasteiger partial charge in [0.15, 0.2) is 0 Å². The number of amides is 2. The van der Waals surface area contributed by atoms with Crippen molar-refractivity contribution in [2.24, 2.45) is 0 Å². The Morgan fingerprint density at radius 1 is 1.30 bits per heavy atom. The number of nitrogens with zero attached hydrogens (tertiary/aromatic N) is 4. The standard InChI is InChI=1S/C22H28N6O2/c1-2-20(29)27-14-7-6-12-19(27)22(30)25-13-8-11-18-17(15-23)21(24)28(26-18)16-9-4-3-5-10-16/h3-5,9-10,19H,2,6-8,11-14,24H2,1H3,(H,25,30). The Morgan fingerprint density at radius 2 is 2.07 bits per heavy atom. The fourth-order valence-electron chi connectivity index (χ4n) is 3.83. The van der Waals surface area contributed by atoms with Gasteiger partial charge in [-0.25, -0.2) is 4.68 Å². The first-order valence-corrected chi connectivity index (χ1v) is 10.5. The van der Waals surface area contributed by atoms with Crippen molar-refractivity contribution < 1.29 is 9.59 Å². The number of likely N-dealkylation sites (tertiary alicyclic amines) is 1. The lowest BCUT2D eigenvalue weighted by Crippen LogP contribution is -2.51. The number of nitriles is 1. The summed E-state index contributed by atoms with van der Waals surface area (Å²) in [5, 5.41) is 16.9. The molecule has 1 aromatic heterocycles. The number of hydrogen-bond acceptors (Lipinski definition) is 5. The van der Waals surface area contributed by atoms with Crippen LogP contribution in [-0.4, -0.2) is 45.6 Å². The number of nitrogens with one attached hydrogen (secondary N) is 1. The Morgan fingerprint density at radius 3 is 2.77 bits per heavy atom. The number of carbonyl (C=O) groups excluding carboxylic acids is 2. The molecule has 0 radical (unpaired) electrons. The van der Waals surface area contributed by atoms with Gasteiger partial charge in [-0.15, -0.1) is 0 Å². The van der Waals surface area contributed by atoms with E-state index in [1.807, 2.05) is 37.3 Å². The van der Waals surface area contributed by atoms with E-state index in [4.69, 9.17) is 5.73 Å². The van der Waals surface area contributed by atoms with Crippen LogP contribution in [0.25, 0.3) is 5.69 Å². The Labute approximate surface area is 176 Å². The fraction of sp³-hybridized carbons (Fsp3) is 0.455. The van der Waals surface area contributed by atoms with Crippen LogP contribution in [0.2, 0.25) is 0 Å². The molecule has 1 aromatic carbocycles. The van der Waals surface area contributed by atoms with E-state index in [-0.39, 0.29) is 17.9 Å². The molecule has 2 amide bonds. The van der Waals surface area contributed by atoms with Crippen molar-refractivity contribution in [3.05, 3.63) is 41.6 Å². The van der Waals surface area contributed by atoms with Gasteiger partial charge in [0, 0.05) is 19.5 Å². The molecule has 30 heavy (non-hydrogen) atoms. The van der Waals surface area contributed by atoms with E-state index in [0.717, 1.165) is 18.5 Å². The molecular formula is C22H28N6O2. The largest absolute Gasteiger partial charge is 0.382 e. The molecule has 0 saturated carbocycles. The maximum Gasteiger partial charge on any atom is 0.242 e. The van der Waals surface area contributed by atoms with Gasteiger partial charge in [0.1, 0.15) is 23.5 Å². The average molecular weight is 409 g/mol. The fourth-order valence-corrected chi connectivity index (χ4v) is 3.83. The van der Waals surface area contributed by atoms with Crippen molar-refractivity contribution in [1.82, 2.24) is 20.0 Å². The molecule has 1 fully saturated rings. The van der Waals surface area contributed by atoms with E-state index in [2.05, 4.69) is 16.5 Å². The third-order valence-corrected chi connectivity index (χ3v) is 5.42.